The second-order valence-electron chi connectivity index (χ2n) is 7.74. The zero-order valence-corrected chi connectivity index (χ0v) is 17.7. The first-order valence-electron chi connectivity index (χ1n) is 9.80. The fourth-order valence-corrected chi connectivity index (χ4v) is 6.48. The molecule has 2 atom stereocenters. The Hall–Kier alpha value is -1.55. The molecule has 0 bridgehead atoms. The third kappa shape index (κ3) is 4.19. The van der Waals surface area contributed by atoms with Crippen molar-refractivity contribution in [3.63, 3.8) is 0 Å². The van der Waals surface area contributed by atoms with Gasteiger partial charge in [-0.15, -0.1) is 0 Å². The van der Waals surface area contributed by atoms with Gasteiger partial charge in [0.1, 0.15) is 11.5 Å². The number of aromatic amines is 1. The number of hydrogen-bond donors (Lipinski definition) is 1. The summed E-state index contributed by atoms with van der Waals surface area (Å²) in [6.07, 6.45) is 2.89. The molecule has 2 aromatic rings. The quantitative estimate of drug-likeness (QED) is 0.785. The van der Waals surface area contributed by atoms with Gasteiger partial charge in [0.15, 0.2) is 11.0 Å². The molecule has 4 rings (SSSR count). The molecular weight excluding hydrogens is 419 g/mol. The third-order valence-corrected chi connectivity index (χ3v) is 8.50. The fourth-order valence-electron chi connectivity index (χ4n) is 4.20. The van der Waals surface area contributed by atoms with Crippen molar-refractivity contribution in [1.82, 2.24) is 19.3 Å². The van der Waals surface area contributed by atoms with E-state index >= 15 is 0 Å². The monoisotopic (exact) mass is 442 g/mol. The number of piperidine rings is 1. The average molecular weight is 443 g/mol. The Bertz CT molecular complexity index is 960. The summed E-state index contributed by atoms with van der Waals surface area (Å²) in [5, 5.41) is -0.00407. The van der Waals surface area contributed by atoms with Crippen LogP contribution in [0.3, 0.4) is 0 Å². The highest BCUT2D eigenvalue weighted by atomic mass is 35.5. The second-order valence-corrected chi connectivity index (χ2v) is 10.3. The van der Waals surface area contributed by atoms with Gasteiger partial charge in [-0.05, 0) is 37.3 Å². The third-order valence-electron chi connectivity index (χ3n) is 5.84. The number of hydrogen-bond acceptors (Lipinski definition) is 5. The van der Waals surface area contributed by atoms with Gasteiger partial charge >= 0.3 is 0 Å². The van der Waals surface area contributed by atoms with Gasteiger partial charge in [-0.3, -0.25) is 0 Å². The van der Waals surface area contributed by atoms with Crippen molar-refractivity contribution in [2.24, 2.45) is 5.92 Å². The summed E-state index contributed by atoms with van der Waals surface area (Å²) < 4.78 is 46.0. The van der Waals surface area contributed by atoms with Crippen LogP contribution in [-0.4, -0.2) is 59.2 Å². The van der Waals surface area contributed by atoms with Gasteiger partial charge in [-0.1, -0.05) is 18.5 Å². The van der Waals surface area contributed by atoms with Crippen LogP contribution < -0.4 is 0 Å². The molecule has 1 N–H and O–H groups in total. The number of halogens is 2. The van der Waals surface area contributed by atoms with Gasteiger partial charge in [0.05, 0.1) is 17.1 Å². The Kier molecular flexibility index (Phi) is 5.92. The van der Waals surface area contributed by atoms with Crippen molar-refractivity contribution in [1.29, 1.82) is 0 Å². The largest absolute Gasteiger partial charge is 0.381 e. The van der Waals surface area contributed by atoms with Crippen LogP contribution in [0.25, 0.3) is 11.5 Å². The first-order chi connectivity index (χ1) is 13.9. The predicted molar refractivity (Wildman–Crippen MR) is 108 cm³/mol. The molecule has 2 fully saturated rings. The molecule has 4 heterocycles. The SMILES string of the molecule is C[C@H]1CN(S(=O)(=O)C2CCOCC2)CC[C@H]1c1[nH]c(-c2ccc(F)cn2)nc1Cl. The van der Waals surface area contributed by atoms with E-state index < -0.39 is 15.8 Å². The van der Waals surface area contributed by atoms with E-state index in [0.29, 0.717) is 62.2 Å². The van der Waals surface area contributed by atoms with Crippen LogP contribution in [0.4, 0.5) is 4.39 Å². The van der Waals surface area contributed by atoms with E-state index in [1.165, 1.54) is 6.07 Å². The highest BCUT2D eigenvalue weighted by Gasteiger charge is 2.39. The number of ether oxygens (including phenoxy) is 1. The van der Waals surface area contributed by atoms with Gasteiger partial charge in [0.25, 0.3) is 0 Å². The number of aromatic nitrogens is 3. The van der Waals surface area contributed by atoms with E-state index in [0.717, 1.165) is 11.9 Å². The van der Waals surface area contributed by atoms with Crippen molar-refractivity contribution in [3.8, 4) is 11.5 Å². The molecule has 7 nitrogen and oxygen atoms in total. The van der Waals surface area contributed by atoms with Crippen LogP contribution in [0.5, 0.6) is 0 Å². The van der Waals surface area contributed by atoms with Crippen LogP contribution in [0.2, 0.25) is 5.15 Å². The van der Waals surface area contributed by atoms with Crippen molar-refractivity contribution in [2.75, 3.05) is 26.3 Å². The minimum Gasteiger partial charge on any atom is -0.381 e. The average Bonchev–Trinajstić information content (AvgIpc) is 3.10. The lowest BCUT2D eigenvalue weighted by atomic mass is 9.86. The Morgan fingerprint density at radius 1 is 1.28 bits per heavy atom. The summed E-state index contributed by atoms with van der Waals surface area (Å²) in [6, 6.07) is 2.86. The van der Waals surface area contributed by atoms with E-state index in [2.05, 4.69) is 15.0 Å². The van der Waals surface area contributed by atoms with Crippen LogP contribution >= 0.6 is 11.6 Å². The minimum absolute atomic E-state index is 0.0605. The van der Waals surface area contributed by atoms with Gasteiger partial charge < -0.3 is 9.72 Å². The normalized spacial score (nSPS) is 24.7. The Balaban J connectivity index is 1.50. The summed E-state index contributed by atoms with van der Waals surface area (Å²) in [5.74, 6) is 0.198. The number of nitrogens with one attached hydrogen (secondary N) is 1. The first-order valence-corrected chi connectivity index (χ1v) is 11.7. The number of nitrogens with zero attached hydrogens (tertiary/aromatic N) is 3. The summed E-state index contributed by atoms with van der Waals surface area (Å²) in [7, 11) is -3.33. The molecule has 158 valence electrons. The maximum absolute atomic E-state index is 13.1. The highest BCUT2D eigenvalue weighted by molar-refractivity contribution is 7.89. The molecule has 0 radical (unpaired) electrons. The van der Waals surface area contributed by atoms with Crippen LogP contribution in [0.1, 0.15) is 37.8 Å². The number of imidazole rings is 1. The van der Waals surface area contributed by atoms with Crippen molar-refractivity contribution < 1.29 is 17.5 Å². The summed E-state index contributed by atoms with van der Waals surface area (Å²) in [4.78, 5) is 11.6. The van der Waals surface area contributed by atoms with E-state index in [-0.39, 0.29) is 17.1 Å². The zero-order valence-electron chi connectivity index (χ0n) is 16.1. The first kappa shape index (κ1) is 20.7. The van der Waals surface area contributed by atoms with Gasteiger partial charge in [0, 0.05) is 32.2 Å². The summed E-state index contributed by atoms with van der Waals surface area (Å²) >= 11 is 6.38. The summed E-state index contributed by atoms with van der Waals surface area (Å²) in [5.41, 5.74) is 1.29. The van der Waals surface area contributed by atoms with E-state index in [1.807, 2.05) is 6.92 Å². The molecule has 2 aliphatic heterocycles. The molecule has 0 unspecified atom stereocenters. The maximum Gasteiger partial charge on any atom is 0.217 e. The molecule has 2 aromatic heterocycles. The molecule has 2 saturated heterocycles. The highest BCUT2D eigenvalue weighted by Crippen LogP contribution is 2.38. The van der Waals surface area contributed by atoms with Crippen molar-refractivity contribution >= 4 is 21.6 Å². The Labute approximate surface area is 174 Å². The van der Waals surface area contributed by atoms with E-state index in [1.54, 1.807) is 10.4 Å². The van der Waals surface area contributed by atoms with Crippen LogP contribution in [0, 0.1) is 11.7 Å². The Morgan fingerprint density at radius 2 is 2.03 bits per heavy atom. The fraction of sp³-hybridized carbons (Fsp3) is 0.579. The topological polar surface area (TPSA) is 88.2 Å². The van der Waals surface area contributed by atoms with Gasteiger partial charge in [0.2, 0.25) is 10.0 Å². The zero-order chi connectivity index (χ0) is 20.6. The van der Waals surface area contributed by atoms with E-state index in [9.17, 15) is 12.8 Å². The predicted octanol–water partition coefficient (Wildman–Crippen LogP) is 3.20. The lowest BCUT2D eigenvalue weighted by Gasteiger charge is -2.38. The van der Waals surface area contributed by atoms with Crippen molar-refractivity contribution in [3.05, 3.63) is 35.0 Å². The molecule has 29 heavy (non-hydrogen) atoms. The number of rotatable bonds is 4. The number of pyridine rings is 1. The maximum atomic E-state index is 13.1. The molecule has 0 amide bonds. The molecule has 0 saturated carbocycles. The van der Waals surface area contributed by atoms with Crippen LogP contribution in [-0.2, 0) is 14.8 Å². The molecule has 10 heteroatoms. The molecular formula is C19H24ClFN4O3S. The molecule has 0 aromatic carbocycles. The number of sulfonamides is 1. The summed E-state index contributed by atoms with van der Waals surface area (Å²) in [6.45, 7) is 3.93. The standard InChI is InChI=1S/C19H24ClFN4O3S/c1-12-11-25(29(26,27)14-5-8-28-9-6-14)7-4-15(12)17-18(20)24-19(23-17)16-3-2-13(21)10-22-16/h2-3,10,12,14-15H,4-9,11H2,1H3,(H,23,24)/t12-,15+/m0/s1. The minimum atomic E-state index is -3.33. The molecule has 0 aliphatic carbocycles. The van der Waals surface area contributed by atoms with E-state index in [4.69, 9.17) is 16.3 Å². The van der Waals surface area contributed by atoms with Crippen LogP contribution in [0.15, 0.2) is 18.3 Å². The van der Waals surface area contributed by atoms with Crippen molar-refractivity contribution in [2.45, 2.75) is 37.4 Å². The van der Waals surface area contributed by atoms with Gasteiger partial charge in [-0.25, -0.2) is 27.1 Å². The lowest BCUT2D eigenvalue weighted by Crippen LogP contribution is -2.47. The van der Waals surface area contributed by atoms with Gasteiger partial charge in [-0.2, -0.15) is 0 Å². The number of H-pyrrole nitrogens is 1. The smallest absolute Gasteiger partial charge is 0.217 e. The molecule has 2 aliphatic rings. The lowest BCUT2D eigenvalue weighted by molar-refractivity contribution is 0.0965. The second kappa shape index (κ2) is 8.29. The molecule has 0 spiro atoms. The Morgan fingerprint density at radius 3 is 2.69 bits per heavy atom.